The smallest absolute Gasteiger partial charge is 0.224 e. The van der Waals surface area contributed by atoms with Crippen molar-refractivity contribution >= 4 is 16.9 Å². The van der Waals surface area contributed by atoms with Gasteiger partial charge < -0.3 is 15.5 Å². The standard InChI is InChI=1S/C18H24N2O2/c1-11-6-15-14(10-22-17(15)7-12(11)2)8-18(21)20-16-5-3-4-13(16)9-19/h6-7,10,13,16H,3-5,8-9,19H2,1-2H3,(H,20,21). The van der Waals surface area contributed by atoms with E-state index in [1.165, 1.54) is 11.1 Å². The molecule has 2 atom stereocenters. The van der Waals surface area contributed by atoms with Gasteiger partial charge in [0.2, 0.25) is 5.91 Å². The Morgan fingerprint density at radius 2 is 2.09 bits per heavy atom. The number of rotatable bonds is 4. The Hall–Kier alpha value is -1.81. The Morgan fingerprint density at radius 1 is 1.32 bits per heavy atom. The molecule has 0 aliphatic heterocycles. The summed E-state index contributed by atoms with van der Waals surface area (Å²) in [5.41, 5.74) is 10.0. The van der Waals surface area contributed by atoms with Crippen molar-refractivity contribution in [3.63, 3.8) is 0 Å². The van der Waals surface area contributed by atoms with Crippen LogP contribution in [0.25, 0.3) is 11.0 Å². The largest absolute Gasteiger partial charge is 0.464 e. The topological polar surface area (TPSA) is 68.3 Å². The molecule has 1 heterocycles. The summed E-state index contributed by atoms with van der Waals surface area (Å²) in [4.78, 5) is 12.3. The van der Waals surface area contributed by atoms with Crippen molar-refractivity contribution in [1.82, 2.24) is 5.32 Å². The molecule has 4 heteroatoms. The van der Waals surface area contributed by atoms with Crippen LogP contribution in [0.4, 0.5) is 0 Å². The number of carbonyl (C=O) groups is 1. The van der Waals surface area contributed by atoms with Crippen LogP contribution >= 0.6 is 0 Å². The van der Waals surface area contributed by atoms with Crippen LogP contribution in [-0.2, 0) is 11.2 Å². The fraction of sp³-hybridized carbons (Fsp3) is 0.500. The Balaban J connectivity index is 1.73. The van der Waals surface area contributed by atoms with Crippen molar-refractivity contribution in [2.45, 2.75) is 45.6 Å². The van der Waals surface area contributed by atoms with Crippen molar-refractivity contribution < 1.29 is 9.21 Å². The van der Waals surface area contributed by atoms with Crippen LogP contribution in [-0.4, -0.2) is 18.5 Å². The maximum atomic E-state index is 12.3. The lowest BCUT2D eigenvalue weighted by Gasteiger charge is -2.19. The van der Waals surface area contributed by atoms with Gasteiger partial charge in [-0.3, -0.25) is 4.79 Å². The Morgan fingerprint density at radius 3 is 2.86 bits per heavy atom. The third-order valence-corrected chi connectivity index (χ3v) is 4.93. The van der Waals surface area contributed by atoms with Crippen LogP contribution < -0.4 is 11.1 Å². The lowest BCUT2D eigenvalue weighted by atomic mass is 10.0. The predicted octanol–water partition coefficient (Wildman–Crippen LogP) is 2.84. The van der Waals surface area contributed by atoms with Gasteiger partial charge in [0.1, 0.15) is 5.58 Å². The minimum atomic E-state index is 0.0614. The summed E-state index contributed by atoms with van der Waals surface area (Å²) in [6, 6.07) is 4.38. The highest BCUT2D eigenvalue weighted by atomic mass is 16.3. The summed E-state index contributed by atoms with van der Waals surface area (Å²) in [5, 5.41) is 4.19. The van der Waals surface area contributed by atoms with Crippen LogP contribution in [0.3, 0.4) is 0 Å². The van der Waals surface area contributed by atoms with E-state index >= 15 is 0 Å². The number of nitrogens with two attached hydrogens (primary N) is 1. The number of aryl methyl sites for hydroxylation is 2. The molecule has 3 N–H and O–H groups in total. The first-order valence-corrected chi connectivity index (χ1v) is 8.05. The van der Waals surface area contributed by atoms with E-state index < -0.39 is 0 Å². The summed E-state index contributed by atoms with van der Waals surface area (Å²) in [6.07, 6.45) is 5.38. The van der Waals surface area contributed by atoms with E-state index in [2.05, 4.69) is 25.2 Å². The molecule has 1 saturated carbocycles. The normalized spacial score (nSPS) is 21.4. The number of amides is 1. The second-order valence-corrected chi connectivity index (χ2v) is 6.47. The molecular formula is C18H24N2O2. The maximum Gasteiger partial charge on any atom is 0.224 e. The molecular weight excluding hydrogens is 276 g/mol. The molecule has 1 aliphatic rings. The molecule has 1 amide bonds. The van der Waals surface area contributed by atoms with Gasteiger partial charge in [0.05, 0.1) is 12.7 Å². The number of furan rings is 1. The molecule has 2 unspecified atom stereocenters. The third-order valence-electron chi connectivity index (χ3n) is 4.93. The minimum Gasteiger partial charge on any atom is -0.464 e. The Bertz CT molecular complexity index is 690. The number of hydrogen-bond acceptors (Lipinski definition) is 3. The van der Waals surface area contributed by atoms with E-state index in [1.54, 1.807) is 6.26 Å². The second-order valence-electron chi connectivity index (χ2n) is 6.47. The predicted molar refractivity (Wildman–Crippen MR) is 87.7 cm³/mol. The highest BCUT2D eigenvalue weighted by molar-refractivity contribution is 5.88. The summed E-state index contributed by atoms with van der Waals surface area (Å²) >= 11 is 0. The van der Waals surface area contributed by atoms with Crippen molar-refractivity contribution in [3.05, 3.63) is 35.1 Å². The quantitative estimate of drug-likeness (QED) is 0.912. The van der Waals surface area contributed by atoms with Gasteiger partial charge in [-0.1, -0.05) is 6.42 Å². The van der Waals surface area contributed by atoms with Crippen LogP contribution in [0.1, 0.15) is 36.0 Å². The zero-order valence-corrected chi connectivity index (χ0v) is 13.3. The third kappa shape index (κ3) is 2.88. The van der Waals surface area contributed by atoms with E-state index in [9.17, 15) is 4.79 Å². The first-order chi connectivity index (χ1) is 10.6. The van der Waals surface area contributed by atoms with Gasteiger partial charge in [0.25, 0.3) is 0 Å². The average molecular weight is 300 g/mol. The molecule has 1 aliphatic carbocycles. The summed E-state index contributed by atoms with van der Waals surface area (Å²) in [6.45, 7) is 4.80. The molecule has 1 aromatic heterocycles. The van der Waals surface area contributed by atoms with E-state index in [0.717, 1.165) is 35.8 Å². The zero-order chi connectivity index (χ0) is 15.7. The van der Waals surface area contributed by atoms with Crippen LogP contribution in [0.2, 0.25) is 0 Å². The molecule has 0 saturated heterocycles. The highest BCUT2D eigenvalue weighted by Crippen LogP contribution is 2.27. The van der Waals surface area contributed by atoms with Gasteiger partial charge in [-0.15, -0.1) is 0 Å². The van der Waals surface area contributed by atoms with E-state index in [1.807, 2.05) is 6.07 Å². The minimum absolute atomic E-state index is 0.0614. The van der Waals surface area contributed by atoms with E-state index in [0.29, 0.717) is 18.9 Å². The van der Waals surface area contributed by atoms with Crippen molar-refractivity contribution in [1.29, 1.82) is 0 Å². The van der Waals surface area contributed by atoms with Crippen LogP contribution in [0.5, 0.6) is 0 Å². The monoisotopic (exact) mass is 300 g/mol. The first-order valence-electron chi connectivity index (χ1n) is 8.05. The molecule has 22 heavy (non-hydrogen) atoms. The highest BCUT2D eigenvalue weighted by Gasteiger charge is 2.27. The zero-order valence-electron chi connectivity index (χ0n) is 13.3. The summed E-state index contributed by atoms with van der Waals surface area (Å²) in [5.74, 6) is 0.487. The number of benzene rings is 1. The molecule has 118 valence electrons. The van der Waals surface area contributed by atoms with Gasteiger partial charge in [0.15, 0.2) is 0 Å². The average Bonchev–Trinajstić information content (AvgIpc) is 3.07. The van der Waals surface area contributed by atoms with Crippen LogP contribution in [0, 0.1) is 19.8 Å². The van der Waals surface area contributed by atoms with Gasteiger partial charge in [-0.2, -0.15) is 0 Å². The summed E-state index contributed by atoms with van der Waals surface area (Å²) in [7, 11) is 0. The van der Waals surface area contributed by atoms with Crippen molar-refractivity contribution in [3.8, 4) is 0 Å². The number of nitrogens with one attached hydrogen (secondary N) is 1. The lowest BCUT2D eigenvalue weighted by Crippen LogP contribution is -2.40. The summed E-state index contributed by atoms with van der Waals surface area (Å²) < 4.78 is 5.60. The van der Waals surface area contributed by atoms with Gasteiger partial charge in [-0.25, -0.2) is 0 Å². The molecule has 2 aromatic rings. The molecule has 0 radical (unpaired) electrons. The maximum absolute atomic E-state index is 12.3. The fourth-order valence-electron chi connectivity index (χ4n) is 3.41. The van der Waals surface area contributed by atoms with Crippen LogP contribution in [0.15, 0.2) is 22.8 Å². The van der Waals surface area contributed by atoms with Gasteiger partial charge in [-0.05, 0) is 62.4 Å². The number of hydrogen-bond donors (Lipinski definition) is 2. The van der Waals surface area contributed by atoms with E-state index in [4.69, 9.17) is 10.2 Å². The molecule has 0 bridgehead atoms. The molecule has 0 spiro atoms. The molecule has 4 nitrogen and oxygen atoms in total. The Labute approximate surface area is 131 Å². The number of carbonyl (C=O) groups excluding carboxylic acids is 1. The number of fused-ring (bicyclic) bond motifs is 1. The molecule has 3 rings (SSSR count). The second kappa shape index (κ2) is 6.13. The SMILES string of the molecule is Cc1cc2occ(CC(=O)NC3CCCC3CN)c2cc1C. The molecule has 1 aromatic carbocycles. The first kappa shape index (κ1) is 15.1. The van der Waals surface area contributed by atoms with Crippen molar-refractivity contribution in [2.75, 3.05) is 6.54 Å². The Kier molecular flexibility index (Phi) is 4.21. The van der Waals surface area contributed by atoms with Gasteiger partial charge >= 0.3 is 0 Å². The lowest BCUT2D eigenvalue weighted by molar-refractivity contribution is -0.121. The fourth-order valence-corrected chi connectivity index (χ4v) is 3.41. The molecule has 1 fully saturated rings. The van der Waals surface area contributed by atoms with E-state index in [-0.39, 0.29) is 11.9 Å². The van der Waals surface area contributed by atoms with Gasteiger partial charge in [0, 0.05) is 17.0 Å². The van der Waals surface area contributed by atoms with Crippen molar-refractivity contribution in [2.24, 2.45) is 11.7 Å².